The van der Waals surface area contributed by atoms with E-state index in [0.29, 0.717) is 5.56 Å². The molecule has 0 aromatic heterocycles. The number of amides is 1. The number of sulfonamides is 1. The van der Waals surface area contributed by atoms with Crippen LogP contribution >= 0.6 is 11.6 Å². The van der Waals surface area contributed by atoms with Crippen LogP contribution in [0.25, 0.3) is 0 Å². The molecule has 1 saturated carbocycles. The summed E-state index contributed by atoms with van der Waals surface area (Å²) in [5, 5.41) is 12.0. The first-order chi connectivity index (χ1) is 15.2. The number of carbonyl (C=O) groups is 2. The van der Waals surface area contributed by atoms with Crippen molar-refractivity contribution in [2.45, 2.75) is 50.0 Å². The summed E-state index contributed by atoms with van der Waals surface area (Å²) in [6, 6.07) is 8.26. The summed E-state index contributed by atoms with van der Waals surface area (Å²) in [6.07, 6.45) is 5.25. The van der Waals surface area contributed by atoms with Crippen LogP contribution in [0.4, 0.5) is 5.69 Å². The predicted molar refractivity (Wildman–Crippen MR) is 121 cm³/mol. The summed E-state index contributed by atoms with van der Waals surface area (Å²) in [4.78, 5) is 23.1. The van der Waals surface area contributed by atoms with E-state index in [9.17, 15) is 18.0 Å². The van der Waals surface area contributed by atoms with Crippen molar-refractivity contribution in [2.75, 3.05) is 11.3 Å². The van der Waals surface area contributed by atoms with Crippen molar-refractivity contribution in [3.05, 3.63) is 52.5 Å². The first kappa shape index (κ1) is 23.9. The molecule has 8 nitrogen and oxygen atoms in total. The van der Waals surface area contributed by atoms with Crippen LogP contribution in [-0.2, 0) is 14.8 Å². The Morgan fingerprint density at radius 2 is 1.88 bits per heavy atom. The van der Waals surface area contributed by atoms with Crippen LogP contribution in [0.1, 0.15) is 48.0 Å². The van der Waals surface area contributed by atoms with E-state index in [2.05, 4.69) is 10.0 Å². The van der Waals surface area contributed by atoms with Gasteiger partial charge in [-0.3, -0.25) is 9.52 Å². The Morgan fingerprint density at radius 3 is 2.56 bits per heavy atom. The van der Waals surface area contributed by atoms with Gasteiger partial charge in [-0.25, -0.2) is 13.2 Å². The molecule has 172 valence electrons. The molecule has 10 heteroatoms. The molecule has 1 fully saturated rings. The zero-order valence-corrected chi connectivity index (χ0v) is 19.1. The third kappa shape index (κ3) is 6.14. The van der Waals surface area contributed by atoms with E-state index < -0.39 is 16.0 Å². The van der Waals surface area contributed by atoms with Gasteiger partial charge < -0.3 is 15.2 Å². The van der Waals surface area contributed by atoms with Crippen molar-refractivity contribution < 1.29 is 27.9 Å². The molecule has 0 spiro atoms. The standard InChI is InChI=1S/C22H25ClN2O6S/c1-14-10-18(23)20(32(29,30)25-17-9-5-6-15(11-17)22(27)28)12-19(14)31-13-21(26)24-16-7-3-2-4-8-16/h5-6,9-12,16,25H,2-4,7-8,13H2,1H3,(H,24,26)(H,27,28). The third-order valence-electron chi connectivity index (χ3n) is 5.21. The quantitative estimate of drug-likeness (QED) is 0.525. The lowest BCUT2D eigenvalue weighted by Gasteiger charge is -2.22. The zero-order valence-electron chi connectivity index (χ0n) is 17.6. The van der Waals surface area contributed by atoms with Crippen molar-refractivity contribution in [1.29, 1.82) is 0 Å². The molecule has 0 aliphatic heterocycles. The molecule has 32 heavy (non-hydrogen) atoms. The lowest BCUT2D eigenvalue weighted by Crippen LogP contribution is -2.39. The van der Waals surface area contributed by atoms with Crippen LogP contribution in [0.3, 0.4) is 0 Å². The number of carbonyl (C=O) groups excluding carboxylic acids is 1. The van der Waals surface area contributed by atoms with Gasteiger partial charge in [-0.05, 0) is 49.6 Å². The van der Waals surface area contributed by atoms with Gasteiger partial charge in [-0.15, -0.1) is 0 Å². The highest BCUT2D eigenvalue weighted by Crippen LogP contribution is 2.31. The molecule has 3 N–H and O–H groups in total. The SMILES string of the molecule is Cc1cc(Cl)c(S(=O)(=O)Nc2cccc(C(=O)O)c2)cc1OCC(=O)NC1CCCCC1. The minimum atomic E-state index is -4.14. The smallest absolute Gasteiger partial charge is 0.335 e. The highest BCUT2D eigenvalue weighted by atomic mass is 35.5. The second-order valence-electron chi connectivity index (χ2n) is 7.73. The second-order valence-corrected chi connectivity index (χ2v) is 9.79. The lowest BCUT2D eigenvalue weighted by molar-refractivity contribution is -0.124. The summed E-state index contributed by atoms with van der Waals surface area (Å²) in [7, 11) is -4.14. The van der Waals surface area contributed by atoms with Crippen LogP contribution in [0.15, 0.2) is 41.3 Å². The van der Waals surface area contributed by atoms with Gasteiger partial charge in [0.15, 0.2) is 6.61 Å². The Hall–Kier alpha value is -2.78. The fourth-order valence-electron chi connectivity index (χ4n) is 3.58. The van der Waals surface area contributed by atoms with Crippen molar-refractivity contribution in [3.63, 3.8) is 0 Å². The number of ether oxygens (including phenoxy) is 1. The fourth-order valence-corrected chi connectivity index (χ4v) is 5.23. The Balaban J connectivity index is 1.74. The van der Waals surface area contributed by atoms with Gasteiger partial charge in [-0.1, -0.05) is 36.9 Å². The second kappa shape index (κ2) is 10.2. The average Bonchev–Trinajstić information content (AvgIpc) is 2.73. The summed E-state index contributed by atoms with van der Waals surface area (Å²) in [6.45, 7) is 1.45. The number of carboxylic acid groups (broad SMARTS) is 1. The lowest BCUT2D eigenvalue weighted by atomic mass is 9.95. The molecule has 2 aromatic carbocycles. The molecular formula is C22H25ClN2O6S. The normalized spacial score (nSPS) is 14.6. The van der Waals surface area contributed by atoms with Gasteiger partial charge in [0.25, 0.3) is 15.9 Å². The van der Waals surface area contributed by atoms with Crippen LogP contribution < -0.4 is 14.8 Å². The maximum atomic E-state index is 12.9. The van der Waals surface area contributed by atoms with Gasteiger partial charge >= 0.3 is 5.97 Å². The van der Waals surface area contributed by atoms with Crippen LogP contribution in [-0.4, -0.2) is 38.0 Å². The molecular weight excluding hydrogens is 456 g/mol. The molecule has 0 radical (unpaired) electrons. The molecule has 0 atom stereocenters. The van der Waals surface area contributed by atoms with E-state index in [1.807, 2.05) is 0 Å². The number of nitrogens with one attached hydrogen (secondary N) is 2. The molecule has 0 saturated heterocycles. The number of rotatable bonds is 8. The van der Waals surface area contributed by atoms with Gasteiger partial charge in [0, 0.05) is 17.8 Å². The van der Waals surface area contributed by atoms with Crippen molar-refractivity contribution in [2.24, 2.45) is 0 Å². The van der Waals surface area contributed by atoms with E-state index in [0.717, 1.165) is 25.7 Å². The minimum Gasteiger partial charge on any atom is -0.483 e. The van der Waals surface area contributed by atoms with Crippen molar-refractivity contribution in [3.8, 4) is 5.75 Å². The first-order valence-corrected chi connectivity index (χ1v) is 12.1. The monoisotopic (exact) mass is 480 g/mol. The molecule has 0 unspecified atom stereocenters. The molecule has 1 aliphatic rings. The molecule has 3 rings (SSSR count). The number of hydrogen-bond acceptors (Lipinski definition) is 5. The maximum Gasteiger partial charge on any atom is 0.335 e. The fraction of sp³-hybridized carbons (Fsp3) is 0.364. The molecule has 1 amide bonds. The van der Waals surface area contributed by atoms with E-state index >= 15 is 0 Å². The van der Waals surface area contributed by atoms with E-state index in [1.165, 1.54) is 42.8 Å². The van der Waals surface area contributed by atoms with E-state index in [-0.39, 0.29) is 45.5 Å². The van der Waals surface area contributed by atoms with Crippen molar-refractivity contribution in [1.82, 2.24) is 5.32 Å². The Bertz CT molecular complexity index is 1110. The van der Waals surface area contributed by atoms with Crippen LogP contribution in [0, 0.1) is 6.92 Å². The van der Waals surface area contributed by atoms with E-state index in [1.54, 1.807) is 6.92 Å². The molecule has 2 aromatic rings. The average molecular weight is 481 g/mol. The summed E-state index contributed by atoms with van der Waals surface area (Å²) in [5.74, 6) is -1.23. The zero-order chi connectivity index (χ0) is 23.3. The number of halogens is 1. The minimum absolute atomic E-state index is 0.0246. The Kier molecular flexibility index (Phi) is 7.63. The first-order valence-electron chi connectivity index (χ1n) is 10.2. The number of hydrogen-bond donors (Lipinski definition) is 3. The Labute approximate surface area is 192 Å². The summed E-state index contributed by atoms with van der Waals surface area (Å²) < 4.78 is 33.7. The Morgan fingerprint density at radius 1 is 1.16 bits per heavy atom. The number of carboxylic acids is 1. The summed E-state index contributed by atoms with van der Waals surface area (Å²) >= 11 is 6.18. The van der Waals surface area contributed by atoms with Crippen LogP contribution in [0.2, 0.25) is 5.02 Å². The number of anilines is 1. The highest BCUT2D eigenvalue weighted by Gasteiger charge is 2.22. The molecule has 1 aliphatic carbocycles. The largest absolute Gasteiger partial charge is 0.483 e. The van der Waals surface area contributed by atoms with Gasteiger partial charge in [0.1, 0.15) is 10.6 Å². The van der Waals surface area contributed by atoms with Crippen LogP contribution in [0.5, 0.6) is 5.75 Å². The predicted octanol–water partition coefficient (Wildman–Crippen LogP) is 3.98. The molecule has 0 bridgehead atoms. The number of benzene rings is 2. The highest BCUT2D eigenvalue weighted by molar-refractivity contribution is 7.92. The number of aromatic carboxylic acids is 1. The summed E-state index contributed by atoms with van der Waals surface area (Å²) in [5.41, 5.74) is 0.594. The molecule has 0 heterocycles. The third-order valence-corrected chi connectivity index (χ3v) is 7.06. The maximum absolute atomic E-state index is 12.9. The van der Waals surface area contributed by atoms with Gasteiger partial charge in [-0.2, -0.15) is 0 Å². The van der Waals surface area contributed by atoms with E-state index in [4.69, 9.17) is 21.4 Å². The topological polar surface area (TPSA) is 122 Å². The number of aryl methyl sites for hydroxylation is 1. The van der Waals surface area contributed by atoms with Crippen molar-refractivity contribution >= 4 is 39.2 Å². The van der Waals surface area contributed by atoms with Gasteiger partial charge in [0.05, 0.1) is 10.6 Å². The van der Waals surface area contributed by atoms with Gasteiger partial charge in [0.2, 0.25) is 0 Å².